The number of hydrogen-bond acceptors (Lipinski definition) is 2. The van der Waals surface area contributed by atoms with Crippen LogP contribution in [0.3, 0.4) is 0 Å². The summed E-state index contributed by atoms with van der Waals surface area (Å²) in [6, 6.07) is 26.0. The van der Waals surface area contributed by atoms with Gasteiger partial charge in [-0.1, -0.05) is 84.9 Å². The Kier molecular flexibility index (Phi) is 7.58. The van der Waals surface area contributed by atoms with E-state index < -0.39 is 5.97 Å². The highest BCUT2D eigenvalue weighted by Crippen LogP contribution is 2.28. The molecule has 5 nitrogen and oxygen atoms in total. The topological polar surface area (TPSA) is 62.5 Å². The molecule has 1 aromatic heterocycles. The number of rotatable bonds is 9. The zero-order valence-corrected chi connectivity index (χ0v) is 19.7. The minimum absolute atomic E-state index is 0.00294. The zero-order valence-electron chi connectivity index (χ0n) is 19.7. The molecule has 4 rings (SSSR count). The SMILES string of the molecule is CN(CCc1ccccc1)C(=O)Cn1cc(/C=C/C(=O)O)c2c(/C=C/c3ccccc3)cccc21. The minimum atomic E-state index is -1.01. The molecule has 4 aromatic rings. The number of aliphatic carboxylic acids is 1. The summed E-state index contributed by atoms with van der Waals surface area (Å²) in [5.41, 5.74) is 4.86. The van der Waals surface area contributed by atoms with Crippen molar-refractivity contribution in [1.82, 2.24) is 9.47 Å². The highest BCUT2D eigenvalue weighted by atomic mass is 16.4. The maximum atomic E-state index is 13.0. The van der Waals surface area contributed by atoms with Gasteiger partial charge in [0.25, 0.3) is 0 Å². The first-order chi connectivity index (χ1) is 17.0. The normalized spacial score (nSPS) is 11.5. The molecule has 35 heavy (non-hydrogen) atoms. The Hall–Kier alpha value is -4.38. The first-order valence-corrected chi connectivity index (χ1v) is 11.5. The van der Waals surface area contributed by atoms with Crippen molar-refractivity contribution in [2.75, 3.05) is 13.6 Å². The summed E-state index contributed by atoms with van der Waals surface area (Å²) < 4.78 is 1.90. The van der Waals surface area contributed by atoms with Gasteiger partial charge in [0.05, 0.1) is 0 Å². The second-order valence-corrected chi connectivity index (χ2v) is 8.42. The van der Waals surface area contributed by atoms with Crippen LogP contribution in [-0.4, -0.2) is 40.0 Å². The van der Waals surface area contributed by atoms with Crippen LogP contribution in [0.25, 0.3) is 29.1 Å². The fourth-order valence-corrected chi connectivity index (χ4v) is 4.05. The third kappa shape index (κ3) is 6.15. The van der Waals surface area contributed by atoms with Gasteiger partial charge in [0.1, 0.15) is 6.54 Å². The van der Waals surface area contributed by atoms with Crippen molar-refractivity contribution in [3.63, 3.8) is 0 Å². The Morgan fingerprint density at radius 2 is 1.57 bits per heavy atom. The lowest BCUT2D eigenvalue weighted by Gasteiger charge is -2.18. The van der Waals surface area contributed by atoms with E-state index in [9.17, 15) is 14.7 Å². The summed E-state index contributed by atoms with van der Waals surface area (Å²) in [4.78, 5) is 26.0. The molecule has 1 amide bonds. The largest absolute Gasteiger partial charge is 0.478 e. The number of carbonyl (C=O) groups is 2. The summed E-state index contributed by atoms with van der Waals surface area (Å²) >= 11 is 0. The lowest BCUT2D eigenvalue weighted by molar-refractivity contribution is -0.131. The van der Waals surface area contributed by atoms with E-state index in [2.05, 4.69) is 12.1 Å². The minimum Gasteiger partial charge on any atom is -0.478 e. The molecule has 1 N–H and O–H groups in total. The molecule has 1 heterocycles. The number of carboxylic acids is 1. The lowest BCUT2D eigenvalue weighted by Crippen LogP contribution is -2.31. The zero-order chi connectivity index (χ0) is 24.6. The Labute approximate surface area is 205 Å². The van der Waals surface area contributed by atoms with E-state index in [4.69, 9.17) is 0 Å². The Morgan fingerprint density at radius 1 is 0.857 bits per heavy atom. The van der Waals surface area contributed by atoms with Crippen molar-refractivity contribution >= 4 is 41.0 Å². The Morgan fingerprint density at radius 3 is 2.29 bits per heavy atom. The first-order valence-electron chi connectivity index (χ1n) is 11.5. The van der Waals surface area contributed by atoms with Crippen LogP contribution in [0.2, 0.25) is 0 Å². The molecule has 0 saturated heterocycles. The van der Waals surface area contributed by atoms with Gasteiger partial charge in [-0.2, -0.15) is 0 Å². The second-order valence-electron chi connectivity index (χ2n) is 8.42. The molecular formula is C30H28N2O3. The van der Waals surface area contributed by atoms with Crippen molar-refractivity contribution in [2.24, 2.45) is 0 Å². The molecule has 176 valence electrons. The molecule has 0 aliphatic carbocycles. The van der Waals surface area contributed by atoms with Crippen molar-refractivity contribution in [3.8, 4) is 0 Å². The van der Waals surface area contributed by atoms with Gasteiger partial charge in [-0.15, -0.1) is 0 Å². The predicted octanol–water partition coefficient (Wildman–Crippen LogP) is 5.61. The molecule has 0 aliphatic heterocycles. The lowest BCUT2D eigenvalue weighted by atomic mass is 10.0. The molecule has 0 atom stereocenters. The fraction of sp³-hybridized carbons (Fsp3) is 0.133. The maximum absolute atomic E-state index is 13.0. The molecule has 0 bridgehead atoms. The summed E-state index contributed by atoms with van der Waals surface area (Å²) in [5.74, 6) is -1.02. The monoisotopic (exact) mass is 464 g/mol. The standard InChI is InChI=1S/C30H28N2O3/c1-31(20-19-24-11-6-3-7-12-24)28(33)22-32-21-26(17-18-29(34)35)30-25(13-8-14-27(30)32)16-15-23-9-4-2-5-10-23/h2-18,21H,19-20,22H2,1H3,(H,34,35)/b16-15+,18-17+. The third-order valence-electron chi connectivity index (χ3n) is 5.94. The molecular weight excluding hydrogens is 436 g/mol. The summed E-state index contributed by atoms with van der Waals surface area (Å²) in [6.45, 7) is 0.799. The van der Waals surface area contributed by atoms with Crippen molar-refractivity contribution < 1.29 is 14.7 Å². The van der Waals surface area contributed by atoms with E-state index in [1.165, 1.54) is 5.56 Å². The molecule has 3 aromatic carbocycles. The number of amides is 1. The predicted molar refractivity (Wildman–Crippen MR) is 142 cm³/mol. The van der Waals surface area contributed by atoms with Crippen LogP contribution in [-0.2, 0) is 22.6 Å². The van der Waals surface area contributed by atoms with Gasteiger partial charge < -0.3 is 14.6 Å². The van der Waals surface area contributed by atoms with Crippen molar-refractivity contribution in [3.05, 3.63) is 113 Å². The van der Waals surface area contributed by atoms with E-state index in [0.717, 1.165) is 40.1 Å². The van der Waals surface area contributed by atoms with Gasteiger partial charge in [0.15, 0.2) is 0 Å². The van der Waals surface area contributed by atoms with E-state index in [0.29, 0.717) is 6.54 Å². The number of benzene rings is 3. The number of hydrogen-bond donors (Lipinski definition) is 1. The number of nitrogens with zero attached hydrogens (tertiary/aromatic N) is 2. The van der Waals surface area contributed by atoms with E-state index in [1.807, 2.05) is 96.7 Å². The van der Waals surface area contributed by atoms with Crippen LogP contribution in [0.4, 0.5) is 0 Å². The van der Waals surface area contributed by atoms with Crippen LogP contribution in [0.5, 0.6) is 0 Å². The van der Waals surface area contributed by atoms with Crippen LogP contribution >= 0.6 is 0 Å². The molecule has 0 saturated carbocycles. The van der Waals surface area contributed by atoms with Crippen LogP contribution in [0, 0.1) is 0 Å². The molecule has 0 aliphatic rings. The third-order valence-corrected chi connectivity index (χ3v) is 5.94. The van der Waals surface area contributed by atoms with E-state index in [1.54, 1.807) is 11.0 Å². The van der Waals surface area contributed by atoms with E-state index in [-0.39, 0.29) is 12.5 Å². The smallest absolute Gasteiger partial charge is 0.328 e. The second kappa shape index (κ2) is 11.2. The van der Waals surface area contributed by atoms with Gasteiger partial charge in [0, 0.05) is 42.3 Å². The number of aromatic nitrogens is 1. The number of likely N-dealkylation sites (N-methyl/N-ethyl adjacent to an activating group) is 1. The van der Waals surface area contributed by atoms with Crippen LogP contribution in [0.15, 0.2) is 91.1 Å². The van der Waals surface area contributed by atoms with Crippen molar-refractivity contribution in [1.29, 1.82) is 0 Å². The van der Waals surface area contributed by atoms with Crippen molar-refractivity contribution in [2.45, 2.75) is 13.0 Å². The van der Waals surface area contributed by atoms with Gasteiger partial charge in [-0.25, -0.2) is 4.79 Å². The average molecular weight is 465 g/mol. The molecule has 0 fully saturated rings. The first kappa shape index (κ1) is 23.8. The van der Waals surface area contributed by atoms with Gasteiger partial charge in [-0.05, 0) is 35.3 Å². The summed E-state index contributed by atoms with van der Waals surface area (Å²) in [6.07, 6.45) is 9.41. The molecule has 0 spiro atoms. The Balaban J connectivity index is 1.61. The van der Waals surface area contributed by atoms with Crippen LogP contribution in [0.1, 0.15) is 22.3 Å². The van der Waals surface area contributed by atoms with Crippen LogP contribution < -0.4 is 0 Å². The highest BCUT2D eigenvalue weighted by molar-refractivity contribution is 6.00. The summed E-state index contributed by atoms with van der Waals surface area (Å²) in [5, 5.41) is 10.1. The number of carboxylic acid groups (broad SMARTS) is 1. The molecule has 5 heteroatoms. The quantitative estimate of drug-likeness (QED) is 0.259. The van der Waals surface area contributed by atoms with Gasteiger partial charge >= 0.3 is 5.97 Å². The molecule has 0 radical (unpaired) electrons. The number of fused-ring (bicyclic) bond motifs is 1. The number of carbonyl (C=O) groups excluding carboxylic acids is 1. The Bertz CT molecular complexity index is 1370. The maximum Gasteiger partial charge on any atom is 0.328 e. The highest BCUT2D eigenvalue weighted by Gasteiger charge is 2.15. The summed E-state index contributed by atoms with van der Waals surface area (Å²) in [7, 11) is 1.82. The van der Waals surface area contributed by atoms with Gasteiger partial charge in [0.2, 0.25) is 5.91 Å². The molecule has 0 unspecified atom stereocenters. The van der Waals surface area contributed by atoms with E-state index >= 15 is 0 Å². The average Bonchev–Trinajstić information content (AvgIpc) is 3.23. The fourth-order valence-electron chi connectivity index (χ4n) is 4.05. The van der Waals surface area contributed by atoms with Gasteiger partial charge in [-0.3, -0.25) is 4.79 Å².